The maximum absolute atomic E-state index is 9.97. The lowest BCUT2D eigenvalue weighted by Gasteiger charge is -2.33. The Hall–Kier alpha value is -0.0400. The fraction of sp³-hybridized carbons (Fsp3) is 1.00. The lowest BCUT2D eigenvalue weighted by Crippen LogP contribution is -2.29. The van der Waals surface area contributed by atoms with E-state index in [1.54, 1.807) is 0 Å². The van der Waals surface area contributed by atoms with E-state index in [2.05, 4.69) is 27.7 Å². The SMILES string of the molecule is CC.CC.CCC1CCC(CCC(C)(C)C)CC1O. The number of hydrogen-bond donors (Lipinski definition) is 1. The quantitative estimate of drug-likeness (QED) is 0.663. The van der Waals surface area contributed by atoms with Crippen LogP contribution in [0.5, 0.6) is 0 Å². The molecule has 1 heteroatoms. The van der Waals surface area contributed by atoms with Crippen molar-refractivity contribution in [1.29, 1.82) is 0 Å². The zero-order chi connectivity index (χ0) is 15.5. The Labute approximate surface area is 123 Å². The molecule has 1 aliphatic carbocycles. The molecule has 0 radical (unpaired) electrons. The van der Waals surface area contributed by atoms with Crippen LogP contribution in [-0.2, 0) is 0 Å². The number of hydrogen-bond acceptors (Lipinski definition) is 1. The van der Waals surface area contributed by atoms with Crippen LogP contribution in [0.1, 0.15) is 93.9 Å². The molecule has 1 N–H and O–H groups in total. The molecule has 1 rings (SSSR count). The van der Waals surface area contributed by atoms with Gasteiger partial charge in [0.05, 0.1) is 6.10 Å². The molecule has 1 nitrogen and oxygen atoms in total. The molecule has 19 heavy (non-hydrogen) atoms. The van der Waals surface area contributed by atoms with E-state index in [4.69, 9.17) is 0 Å². The third kappa shape index (κ3) is 10.4. The normalized spacial score (nSPS) is 26.7. The molecule has 0 bridgehead atoms. The third-order valence-electron chi connectivity index (χ3n) is 3.89. The van der Waals surface area contributed by atoms with E-state index in [1.165, 1.54) is 25.7 Å². The van der Waals surface area contributed by atoms with Crippen molar-refractivity contribution in [3.8, 4) is 0 Å². The highest BCUT2D eigenvalue weighted by Gasteiger charge is 2.28. The van der Waals surface area contributed by atoms with Gasteiger partial charge in [0.2, 0.25) is 0 Å². The maximum Gasteiger partial charge on any atom is 0.0570 e. The molecule has 0 aliphatic heterocycles. The van der Waals surface area contributed by atoms with E-state index < -0.39 is 0 Å². The summed E-state index contributed by atoms with van der Waals surface area (Å²) in [4.78, 5) is 0. The second kappa shape index (κ2) is 11.8. The molecular weight excluding hydrogens is 232 g/mol. The number of aliphatic hydroxyl groups excluding tert-OH is 1. The van der Waals surface area contributed by atoms with Crippen molar-refractivity contribution in [2.75, 3.05) is 0 Å². The maximum atomic E-state index is 9.97. The van der Waals surface area contributed by atoms with Crippen LogP contribution < -0.4 is 0 Å². The molecule has 1 fully saturated rings. The van der Waals surface area contributed by atoms with Gasteiger partial charge in [0, 0.05) is 0 Å². The fourth-order valence-electron chi connectivity index (χ4n) is 2.67. The summed E-state index contributed by atoms with van der Waals surface area (Å²) in [5.41, 5.74) is 0.451. The largest absolute Gasteiger partial charge is 0.393 e. The summed E-state index contributed by atoms with van der Waals surface area (Å²) in [7, 11) is 0. The van der Waals surface area contributed by atoms with Crippen molar-refractivity contribution in [3.63, 3.8) is 0 Å². The molecule has 0 aromatic rings. The van der Waals surface area contributed by atoms with Gasteiger partial charge in [0.25, 0.3) is 0 Å². The smallest absolute Gasteiger partial charge is 0.0570 e. The summed E-state index contributed by atoms with van der Waals surface area (Å²) in [5.74, 6) is 1.36. The second-order valence-corrected chi connectivity index (χ2v) is 6.51. The predicted octanol–water partition coefficient (Wildman–Crippen LogP) is 6.05. The Kier molecular flexibility index (Phi) is 13.2. The van der Waals surface area contributed by atoms with Crippen molar-refractivity contribution in [2.24, 2.45) is 17.3 Å². The molecule has 0 saturated heterocycles. The highest BCUT2D eigenvalue weighted by atomic mass is 16.3. The van der Waals surface area contributed by atoms with Crippen LogP contribution in [0, 0.1) is 17.3 Å². The van der Waals surface area contributed by atoms with Crippen LogP contribution in [0.3, 0.4) is 0 Å². The highest BCUT2D eigenvalue weighted by molar-refractivity contribution is 4.80. The first-order chi connectivity index (χ1) is 8.92. The first kappa shape index (κ1) is 21.3. The predicted molar refractivity (Wildman–Crippen MR) is 88.5 cm³/mol. The fourth-order valence-corrected chi connectivity index (χ4v) is 2.67. The molecular formula is C18H40O. The Bertz CT molecular complexity index is 181. The number of rotatable bonds is 3. The van der Waals surface area contributed by atoms with E-state index in [1.807, 2.05) is 27.7 Å². The van der Waals surface area contributed by atoms with E-state index in [0.717, 1.165) is 18.8 Å². The monoisotopic (exact) mass is 272 g/mol. The van der Waals surface area contributed by atoms with Crippen LogP contribution in [0.2, 0.25) is 0 Å². The number of aliphatic hydroxyl groups is 1. The van der Waals surface area contributed by atoms with Crippen molar-refractivity contribution in [2.45, 2.75) is 100 Å². The van der Waals surface area contributed by atoms with Crippen molar-refractivity contribution >= 4 is 0 Å². The van der Waals surface area contributed by atoms with Crippen LogP contribution in [0.15, 0.2) is 0 Å². The molecule has 118 valence electrons. The average Bonchev–Trinajstić information content (AvgIpc) is 2.40. The first-order valence-electron chi connectivity index (χ1n) is 8.60. The molecule has 0 heterocycles. The van der Waals surface area contributed by atoms with Crippen LogP contribution in [0.4, 0.5) is 0 Å². The van der Waals surface area contributed by atoms with Gasteiger partial charge in [0.15, 0.2) is 0 Å². The van der Waals surface area contributed by atoms with Gasteiger partial charge in [-0.15, -0.1) is 0 Å². The first-order valence-corrected chi connectivity index (χ1v) is 8.60. The zero-order valence-electron chi connectivity index (χ0n) is 14.9. The van der Waals surface area contributed by atoms with Crippen LogP contribution in [0.25, 0.3) is 0 Å². The molecule has 3 atom stereocenters. The van der Waals surface area contributed by atoms with E-state index >= 15 is 0 Å². The summed E-state index contributed by atoms with van der Waals surface area (Å²) >= 11 is 0. The average molecular weight is 273 g/mol. The van der Waals surface area contributed by atoms with Gasteiger partial charge in [-0.25, -0.2) is 0 Å². The minimum Gasteiger partial charge on any atom is -0.393 e. The van der Waals surface area contributed by atoms with Crippen LogP contribution in [-0.4, -0.2) is 11.2 Å². The van der Waals surface area contributed by atoms with Gasteiger partial charge in [-0.05, 0) is 49.4 Å². The molecule has 0 aromatic carbocycles. The minimum atomic E-state index is -0.0197. The summed E-state index contributed by atoms with van der Waals surface area (Å²) in [6, 6.07) is 0. The van der Waals surface area contributed by atoms with Gasteiger partial charge in [-0.3, -0.25) is 0 Å². The van der Waals surface area contributed by atoms with Crippen molar-refractivity contribution in [3.05, 3.63) is 0 Å². The topological polar surface area (TPSA) is 20.2 Å². The van der Waals surface area contributed by atoms with Gasteiger partial charge < -0.3 is 5.11 Å². The van der Waals surface area contributed by atoms with Gasteiger partial charge in [-0.1, -0.05) is 61.8 Å². The van der Waals surface area contributed by atoms with Gasteiger partial charge in [-0.2, -0.15) is 0 Å². The molecule has 0 spiro atoms. The van der Waals surface area contributed by atoms with E-state index in [9.17, 15) is 5.11 Å². The molecule has 0 amide bonds. The lowest BCUT2D eigenvalue weighted by atomic mass is 9.75. The van der Waals surface area contributed by atoms with Gasteiger partial charge >= 0.3 is 0 Å². The Morgan fingerprint density at radius 1 is 1.00 bits per heavy atom. The van der Waals surface area contributed by atoms with Crippen molar-refractivity contribution in [1.82, 2.24) is 0 Å². The second-order valence-electron chi connectivity index (χ2n) is 6.51. The Morgan fingerprint density at radius 2 is 1.53 bits per heavy atom. The summed E-state index contributed by atoms with van der Waals surface area (Å²) in [5, 5.41) is 9.97. The third-order valence-corrected chi connectivity index (χ3v) is 3.89. The molecule has 3 unspecified atom stereocenters. The van der Waals surface area contributed by atoms with Gasteiger partial charge in [0.1, 0.15) is 0 Å². The molecule has 0 aromatic heterocycles. The van der Waals surface area contributed by atoms with Crippen LogP contribution >= 0.6 is 0 Å². The lowest BCUT2D eigenvalue weighted by molar-refractivity contribution is 0.0382. The summed E-state index contributed by atoms with van der Waals surface area (Å²) in [6.45, 7) is 17.1. The standard InChI is InChI=1S/C14H28O.2C2H6/c1-5-12-7-6-11(10-13(12)15)8-9-14(2,3)4;2*1-2/h11-13,15H,5-10H2,1-4H3;2*1-2H3. The Balaban J connectivity index is 0. The minimum absolute atomic E-state index is 0.0197. The zero-order valence-corrected chi connectivity index (χ0v) is 14.9. The van der Waals surface area contributed by atoms with E-state index in [-0.39, 0.29) is 6.10 Å². The molecule has 1 saturated carbocycles. The highest BCUT2D eigenvalue weighted by Crippen LogP contribution is 2.35. The molecule has 1 aliphatic rings. The Morgan fingerprint density at radius 3 is 1.89 bits per heavy atom. The summed E-state index contributed by atoms with van der Waals surface area (Å²) in [6.07, 6.45) is 7.35. The van der Waals surface area contributed by atoms with E-state index in [0.29, 0.717) is 11.3 Å². The summed E-state index contributed by atoms with van der Waals surface area (Å²) < 4.78 is 0. The van der Waals surface area contributed by atoms with Crippen molar-refractivity contribution < 1.29 is 5.11 Å².